The number of unbranched alkanes of at least 4 members (excludes halogenated alkanes) is 24. The first kappa shape index (κ1) is 52.4. The molecule has 0 aromatic heterocycles. The van der Waals surface area contributed by atoms with Gasteiger partial charge in [0.1, 0.15) is 24.4 Å². The minimum absolute atomic E-state index is 0.186. The van der Waals surface area contributed by atoms with Gasteiger partial charge >= 0.3 is 0 Å². The van der Waals surface area contributed by atoms with Crippen LogP contribution >= 0.6 is 0 Å². The van der Waals surface area contributed by atoms with Crippen LogP contribution in [-0.4, -0.2) is 87.5 Å². The Bertz CT molecular complexity index is 972. The smallest absolute Gasteiger partial charge is 0.220 e. The van der Waals surface area contributed by atoms with Gasteiger partial charge in [-0.15, -0.1) is 0 Å². The van der Waals surface area contributed by atoms with Crippen molar-refractivity contribution in [2.24, 2.45) is 0 Å². The van der Waals surface area contributed by atoms with Gasteiger partial charge in [-0.25, -0.2) is 0 Å². The third-order valence-corrected chi connectivity index (χ3v) is 11.0. The molecule has 1 aliphatic rings. The first-order chi connectivity index (χ1) is 27.3. The number of aliphatic hydroxyl groups is 5. The molecule has 1 heterocycles. The molecular formula is C47H87NO8. The molecule has 9 heteroatoms. The molecule has 0 spiro atoms. The Balaban J connectivity index is 2.36. The van der Waals surface area contributed by atoms with Crippen LogP contribution in [-0.2, 0) is 14.3 Å². The van der Waals surface area contributed by atoms with Crippen LogP contribution < -0.4 is 5.32 Å². The zero-order chi connectivity index (χ0) is 40.9. The molecule has 1 rings (SSSR count). The molecule has 0 aromatic rings. The molecule has 1 fully saturated rings. The van der Waals surface area contributed by atoms with Crippen molar-refractivity contribution < 1.29 is 39.8 Å². The maximum Gasteiger partial charge on any atom is 0.220 e. The summed E-state index contributed by atoms with van der Waals surface area (Å²) in [7, 11) is 0. The van der Waals surface area contributed by atoms with E-state index in [1.165, 1.54) is 122 Å². The molecule has 0 bridgehead atoms. The van der Waals surface area contributed by atoms with E-state index in [4.69, 9.17) is 9.47 Å². The summed E-state index contributed by atoms with van der Waals surface area (Å²) >= 11 is 0. The van der Waals surface area contributed by atoms with Crippen molar-refractivity contribution in [2.45, 2.75) is 243 Å². The van der Waals surface area contributed by atoms with Crippen LogP contribution in [0.15, 0.2) is 36.5 Å². The summed E-state index contributed by atoms with van der Waals surface area (Å²) in [6, 6.07) is -0.807. The monoisotopic (exact) mass is 794 g/mol. The molecule has 56 heavy (non-hydrogen) atoms. The number of carbonyl (C=O) groups is 1. The van der Waals surface area contributed by atoms with Gasteiger partial charge in [0.15, 0.2) is 6.29 Å². The summed E-state index contributed by atoms with van der Waals surface area (Å²) in [5.41, 5.74) is 0. The number of amides is 1. The molecule has 7 atom stereocenters. The number of ether oxygens (including phenoxy) is 2. The van der Waals surface area contributed by atoms with Gasteiger partial charge in [-0.05, 0) is 51.4 Å². The number of allylic oxidation sites excluding steroid dienone is 5. The zero-order valence-corrected chi connectivity index (χ0v) is 35.9. The van der Waals surface area contributed by atoms with Gasteiger partial charge in [-0.3, -0.25) is 4.79 Å². The molecule has 328 valence electrons. The maximum absolute atomic E-state index is 13.0. The second-order valence-corrected chi connectivity index (χ2v) is 16.2. The van der Waals surface area contributed by atoms with Crippen LogP contribution in [0.5, 0.6) is 0 Å². The molecule has 0 radical (unpaired) electrons. The van der Waals surface area contributed by atoms with E-state index in [2.05, 4.69) is 43.5 Å². The van der Waals surface area contributed by atoms with Gasteiger partial charge in [0, 0.05) is 6.42 Å². The van der Waals surface area contributed by atoms with Gasteiger partial charge in [0.25, 0.3) is 0 Å². The quantitative estimate of drug-likeness (QED) is 0.0268. The number of rotatable bonds is 38. The van der Waals surface area contributed by atoms with Gasteiger partial charge < -0.3 is 40.3 Å². The van der Waals surface area contributed by atoms with Crippen LogP contribution in [0.3, 0.4) is 0 Å². The lowest BCUT2D eigenvalue weighted by Crippen LogP contribution is -2.60. The largest absolute Gasteiger partial charge is 0.394 e. The minimum Gasteiger partial charge on any atom is -0.394 e. The van der Waals surface area contributed by atoms with Crippen LogP contribution in [0.4, 0.5) is 0 Å². The number of carbonyl (C=O) groups excluding carboxylic acids is 1. The molecule has 7 unspecified atom stereocenters. The van der Waals surface area contributed by atoms with Gasteiger partial charge in [0.2, 0.25) is 5.91 Å². The van der Waals surface area contributed by atoms with E-state index in [1.54, 1.807) is 6.08 Å². The fourth-order valence-corrected chi connectivity index (χ4v) is 7.19. The summed E-state index contributed by atoms with van der Waals surface area (Å²) in [4.78, 5) is 13.0. The first-order valence-corrected chi connectivity index (χ1v) is 23.2. The van der Waals surface area contributed by atoms with Crippen molar-refractivity contribution in [2.75, 3.05) is 13.2 Å². The Labute approximate surface area is 342 Å². The molecule has 1 amide bonds. The highest BCUT2D eigenvalue weighted by atomic mass is 16.7. The van der Waals surface area contributed by atoms with E-state index in [9.17, 15) is 30.3 Å². The number of nitrogens with one attached hydrogen (secondary N) is 1. The fourth-order valence-electron chi connectivity index (χ4n) is 7.19. The number of hydrogen-bond acceptors (Lipinski definition) is 8. The first-order valence-electron chi connectivity index (χ1n) is 23.2. The van der Waals surface area contributed by atoms with Crippen molar-refractivity contribution in [1.29, 1.82) is 0 Å². The Morgan fingerprint density at radius 1 is 0.607 bits per heavy atom. The highest BCUT2D eigenvalue weighted by Gasteiger charge is 2.44. The fraction of sp³-hybridized carbons (Fsp3) is 0.851. The predicted molar refractivity (Wildman–Crippen MR) is 230 cm³/mol. The van der Waals surface area contributed by atoms with Crippen molar-refractivity contribution >= 4 is 5.91 Å². The molecule has 0 aromatic carbocycles. The number of hydrogen-bond donors (Lipinski definition) is 6. The predicted octanol–water partition coefficient (Wildman–Crippen LogP) is 9.67. The van der Waals surface area contributed by atoms with E-state index >= 15 is 0 Å². The average Bonchev–Trinajstić information content (AvgIpc) is 3.20. The van der Waals surface area contributed by atoms with Crippen molar-refractivity contribution in [3.63, 3.8) is 0 Å². The van der Waals surface area contributed by atoms with Crippen molar-refractivity contribution in [3.8, 4) is 0 Å². The summed E-state index contributed by atoms with van der Waals surface area (Å²) in [5, 5.41) is 54.2. The molecule has 0 aliphatic carbocycles. The van der Waals surface area contributed by atoms with E-state index in [-0.39, 0.29) is 12.5 Å². The molecule has 6 N–H and O–H groups in total. The number of aliphatic hydroxyl groups excluding tert-OH is 5. The van der Waals surface area contributed by atoms with Gasteiger partial charge in [0.05, 0.1) is 25.4 Å². The van der Waals surface area contributed by atoms with Crippen molar-refractivity contribution in [3.05, 3.63) is 36.5 Å². The van der Waals surface area contributed by atoms with E-state index in [0.717, 1.165) is 57.8 Å². The highest BCUT2D eigenvalue weighted by Crippen LogP contribution is 2.22. The molecule has 0 saturated carbocycles. The Morgan fingerprint density at radius 3 is 1.55 bits per heavy atom. The Kier molecular flexibility index (Phi) is 35.3. The second-order valence-electron chi connectivity index (χ2n) is 16.2. The van der Waals surface area contributed by atoms with E-state index < -0.39 is 49.5 Å². The van der Waals surface area contributed by atoms with Gasteiger partial charge in [-0.1, -0.05) is 179 Å². The minimum atomic E-state index is -1.57. The second kappa shape index (κ2) is 37.7. The lowest BCUT2D eigenvalue weighted by molar-refractivity contribution is -0.302. The summed E-state index contributed by atoms with van der Waals surface area (Å²) in [5.74, 6) is -0.186. The topological polar surface area (TPSA) is 149 Å². The standard InChI is InChI=1S/C47H87NO8/c1-3-5-7-9-11-13-15-17-19-20-21-23-25-27-29-31-33-35-37-43(51)48-40(39-55-47-46(54)45(53)44(52)42(38-49)56-47)41(50)36-34-32-30-28-26-24-22-18-16-14-12-10-8-6-4-2/h13,15,19-20,34,36,40-42,44-47,49-50,52-54H,3-12,14,16-18,21-33,35,37-39H2,1-2H3,(H,48,51)/b15-13-,20-19-,36-34+. The van der Waals surface area contributed by atoms with Crippen LogP contribution in [0.2, 0.25) is 0 Å². The third-order valence-electron chi connectivity index (χ3n) is 11.0. The molecule has 1 aliphatic heterocycles. The lowest BCUT2D eigenvalue weighted by atomic mass is 9.99. The van der Waals surface area contributed by atoms with Gasteiger partial charge in [-0.2, -0.15) is 0 Å². The van der Waals surface area contributed by atoms with E-state index in [0.29, 0.717) is 6.42 Å². The Morgan fingerprint density at radius 2 is 1.05 bits per heavy atom. The molecular weight excluding hydrogens is 707 g/mol. The maximum atomic E-state index is 13.0. The SMILES string of the molecule is CCCCCC/C=C\C/C=C\CCCCCCCCCC(=O)NC(COC1OC(CO)C(O)C(O)C1O)C(O)/C=C/CCCCCCCCCCCCCCC. The Hall–Kier alpha value is -1.59. The molecule has 9 nitrogen and oxygen atoms in total. The summed E-state index contributed by atoms with van der Waals surface area (Å²) in [6.07, 6.45) is 38.9. The molecule has 1 saturated heterocycles. The highest BCUT2D eigenvalue weighted by molar-refractivity contribution is 5.76. The van der Waals surface area contributed by atoms with E-state index in [1.807, 2.05) is 6.08 Å². The zero-order valence-electron chi connectivity index (χ0n) is 35.9. The van der Waals surface area contributed by atoms with Crippen LogP contribution in [0.25, 0.3) is 0 Å². The lowest BCUT2D eigenvalue weighted by Gasteiger charge is -2.40. The average molecular weight is 794 g/mol. The van der Waals surface area contributed by atoms with Crippen LogP contribution in [0, 0.1) is 0 Å². The van der Waals surface area contributed by atoms with Crippen LogP contribution in [0.1, 0.15) is 200 Å². The normalized spacial score (nSPS) is 21.4. The third kappa shape index (κ3) is 27.9. The summed E-state index contributed by atoms with van der Waals surface area (Å²) < 4.78 is 11.2. The summed E-state index contributed by atoms with van der Waals surface area (Å²) in [6.45, 7) is 3.75. The van der Waals surface area contributed by atoms with Crippen molar-refractivity contribution in [1.82, 2.24) is 5.32 Å².